The molecule has 2 aromatic heterocycles. The standard InChI is InChI=1S/C55H41N2OP/c58-59(46-17-3-1-4-18-46,47-19-5-2-6-20-47)37-15-16-42-38-43(34-36-57-54-27-13-9-23-50(54)51-24-10-14-28-55(51)57)40-45(39-42)44-31-29-41(30-32-44)33-35-56-52-25-11-7-21-48(52)49-22-8-12-26-53(49)56/h1-36,38-40H,37H2/b16-15+,35-33-,36-34?. The molecule has 0 amide bonds. The van der Waals surface area contributed by atoms with Crippen molar-refractivity contribution in [2.75, 3.05) is 6.16 Å². The molecule has 3 nitrogen and oxygen atoms in total. The van der Waals surface area contributed by atoms with Crippen LogP contribution in [0.1, 0.15) is 16.7 Å². The van der Waals surface area contributed by atoms with Gasteiger partial charge in [-0.2, -0.15) is 0 Å². The molecule has 0 spiro atoms. The van der Waals surface area contributed by atoms with Crippen molar-refractivity contribution in [2.45, 2.75) is 0 Å². The van der Waals surface area contributed by atoms with E-state index < -0.39 is 7.14 Å². The van der Waals surface area contributed by atoms with Gasteiger partial charge in [0.15, 0.2) is 0 Å². The Bertz CT molecular complexity index is 3110. The average Bonchev–Trinajstić information content (AvgIpc) is 3.80. The summed E-state index contributed by atoms with van der Waals surface area (Å²) in [6.45, 7) is 0. The Kier molecular flexibility index (Phi) is 9.58. The first-order chi connectivity index (χ1) is 29.1. The van der Waals surface area contributed by atoms with E-state index in [0.29, 0.717) is 6.16 Å². The molecule has 10 aromatic rings. The lowest BCUT2D eigenvalue weighted by Crippen LogP contribution is -2.17. The smallest absolute Gasteiger partial charge is 0.146 e. The van der Waals surface area contributed by atoms with Crippen LogP contribution >= 0.6 is 7.14 Å². The Hall–Kier alpha value is -7.19. The van der Waals surface area contributed by atoms with Gasteiger partial charge in [0.2, 0.25) is 0 Å². The lowest BCUT2D eigenvalue weighted by Gasteiger charge is -2.17. The summed E-state index contributed by atoms with van der Waals surface area (Å²) < 4.78 is 19.4. The average molecular weight is 777 g/mol. The second-order valence-electron chi connectivity index (χ2n) is 14.9. The van der Waals surface area contributed by atoms with Crippen molar-refractivity contribution in [3.63, 3.8) is 0 Å². The number of allylic oxidation sites excluding steroid dienone is 1. The van der Waals surface area contributed by atoms with E-state index in [4.69, 9.17) is 0 Å². The second kappa shape index (κ2) is 15.6. The minimum atomic E-state index is -2.91. The van der Waals surface area contributed by atoms with E-state index in [1.54, 1.807) is 0 Å². The Morgan fingerprint density at radius 1 is 0.373 bits per heavy atom. The van der Waals surface area contributed by atoms with E-state index in [0.717, 1.165) is 38.4 Å². The summed E-state index contributed by atoms with van der Waals surface area (Å²) in [4.78, 5) is 0. The van der Waals surface area contributed by atoms with Crippen molar-refractivity contribution in [1.29, 1.82) is 0 Å². The number of fused-ring (bicyclic) bond motifs is 6. The van der Waals surface area contributed by atoms with E-state index >= 15 is 0 Å². The maximum atomic E-state index is 14.8. The minimum absolute atomic E-state index is 0.421. The van der Waals surface area contributed by atoms with E-state index in [1.165, 1.54) is 43.6 Å². The molecule has 0 bridgehead atoms. The zero-order valence-electron chi connectivity index (χ0n) is 32.5. The van der Waals surface area contributed by atoms with Crippen LogP contribution < -0.4 is 10.6 Å². The molecule has 0 N–H and O–H groups in total. The number of aromatic nitrogens is 2. The van der Waals surface area contributed by atoms with Crippen molar-refractivity contribution >= 4 is 92.0 Å². The molecule has 10 rings (SSSR count). The van der Waals surface area contributed by atoms with Crippen LogP contribution in [0.15, 0.2) is 206 Å². The molecular weight excluding hydrogens is 736 g/mol. The van der Waals surface area contributed by atoms with Gasteiger partial charge in [0.05, 0.1) is 22.1 Å². The van der Waals surface area contributed by atoms with Crippen molar-refractivity contribution in [1.82, 2.24) is 9.13 Å². The molecule has 0 saturated carbocycles. The lowest BCUT2D eigenvalue weighted by molar-refractivity contribution is 0.588. The van der Waals surface area contributed by atoms with E-state index in [1.807, 2.05) is 60.7 Å². The van der Waals surface area contributed by atoms with Crippen molar-refractivity contribution in [3.05, 3.63) is 223 Å². The maximum Gasteiger partial charge on any atom is 0.146 e. The number of benzene rings is 8. The zero-order valence-corrected chi connectivity index (χ0v) is 33.4. The normalized spacial score (nSPS) is 12.3. The predicted molar refractivity (Wildman–Crippen MR) is 255 cm³/mol. The molecule has 4 heteroatoms. The highest BCUT2D eigenvalue weighted by Gasteiger charge is 2.25. The largest absolute Gasteiger partial charge is 0.316 e. The number of rotatable bonds is 10. The van der Waals surface area contributed by atoms with Gasteiger partial charge in [-0.25, -0.2) is 0 Å². The topological polar surface area (TPSA) is 26.9 Å². The van der Waals surface area contributed by atoms with Crippen LogP contribution in [0.5, 0.6) is 0 Å². The fraction of sp³-hybridized carbons (Fsp3) is 0.0182. The van der Waals surface area contributed by atoms with Crippen molar-refractivity contribution in [3.8, 4) is 11.1 Å². The Labute approximate surface area is 344 Å². The number of hydrogen-bond acceptors (Lipinski definition) is 1. The van der Waals surface area contributed by atoms with Crippen LogP contribution in [0.3, 0.4) is 0 Å². The monoisotopic (exact) mass is 776 g/mol. The van der Waals surface area contributed by atoms with Crippen LogP contribution in [0.4, 0.5) is 0 Å². The summed E-state index contributed by atoms with van der Waals surface area (Å²) in [7, 11) is -2.91. The first kappa shape index (κ1) is 36.2. The molecule has 0 aliphatic rings. The van der Waals surface area contributed by atoms with Gasteiger partial charge in [-0.05, 0) is 82.4 Å². The number of nitrogens with zero attached hydrogens (tertiary/aromatic N) is 2. The summed E-state index contributed by atoms with van der Waals surface area (Å²) in [6, 6.07) is 69.5. The highest BCUT2D eigenvalue weighted by atomic mass is 31.2. The minimum Gasteiger partial charge on any atom is -0.316 e. The molecule has 0 atom stereocenters. The molecule has 0 fully saturated rings. The molecule has 59 heavy (non-hydrogen) atoms. The number of hydrogen-bond donors (Lipinski definition) is 0. The highest BCUT2D eigenvalue weighted by Crippen LogP contribution is 2.43. The third-order valence-corrected chi connectivity index (χ3v) is 14.3. The fourth-order valence-corrected chi connectivity index (χ4v) is 10.8. The van der Waals surface area contributed by atoms with Crippen LogP contribution in [-0.4, -0.2) is 15.3 Å². The van der Waals surface area contributed by atoms with Gasteiger partial charge in [0, 0.05) is 50.7 Å². The van der Waals surface area contributed by atoms with Crippen LogP contribution in [0.25, 0.3) is 85.4 Å². The molecule has 0 radical (unpaired) electrons. The molecule has 282 valence electrons. The Morgan fingerprint density at radius 3 is 1.22 bits per heavy atom. The quantitative estimate of drug-likeness (QED) is 0.127. The summed E-state index contributed by atoms with van der Waals surface area (Å²) in [5.74, 6) is 0. The highest BCUT2D eigenvalue weighted by molar-refractivity contribution is 7.78. The van der Waals surface area contributed by atoms with Gasteiger partial charge in [-0.15, -0.1) is 0 Å². The summed E-state index contributed by atoms with van der Waals surface area (Å²) in [5, 5.41) is 6.71. The summed E-state index contributed by atoms with van der Waals surface area (Å²) >= 11 is 0. The van der Waals surface area contributed by atoms with Crippen LogP contribution in [0.2, 0.25) is 0 Å². The van der Waals surface area contributed by atoms with Gasteiger partial charge in [0.25, 0.3) is 0 Å². The first-order valence-corrected chi connectivity index (χ1v) is 22.0. The molecule has 0 saturated heterocycles. The SMILES string of the molecule is O=P(C/C=C/c1cc(C=Cn2c3ccccc3c3ccccc32)cc(-c2ccc(/C=C\n3c4ccccc4c4ccccc43)cc2)c1)(c1ccccc1)c1ccccc1. The molecule has 0 aliphatic carbocycles. The summed E-state index contributed by atoms with van der Waals surface area (Å²) in [5.41, 5.74) is 10.2. The second-order valence-corrected chi connectivity index (χ2v) is 17.8. The molecule has 8 aromatic carbocycles. The third-order valence-electron chi connectivity index (χ3n) is 11.3. The van der Waals surface area contributed by atoms with Gasteiger partial charge >= 0.3 is 0 Å². The number of para-hydroxylation sites is 4. The van der Waals surface area contributed by atoms with E-state index in [9.17, 15) is 4.57 Å². The third kappa shape index (κ3) is 6.97. The lowest BCUT2D eigenvalue weighted by atomic mass is 9.98. The van der Waals surface area contributed by atoms with Gasteiger partial charge in [-0.1, -0.05) is 170 Å². The van der Waals surface area contributed by atoms with Gasteiger partial charge < -0.3 is 13.7 Å². The molecule has 0 unspecified atom stereocenters. The Balaban J connectivity index is 1.01. The first-order valence-electron chi connectivity index (χ1n) is 20.1. The van der Waals surface area contributed by atoms with E-state index in [-0.39, 0.29) is 0 Å². The molecule has 0 aliphatic heterocycles. The fourth-order valence-electron chi connectivity index (χ4n) is 8.40. The zero-order chi connectivity index (χ0) is 39.6. The molecule has 2 heterocycles. The Morgan fingerprint density at radius 2 is 0.763 bits per heavy atom. The van der Waals surface area contributed by atoms with Gasteiger partial charge in [0.1, 0.15) is 7.14 Å². The van der Waals surface area contributed by atoms with Gasteiger partial charge in [-0.3, -0.25) is 0 Å². The van der Waals surface area contributed by atoms with E-state index in [2.05, 4.69) is 185 Å². The van der Waals surface area contributed by atoms with Crippen LogP contribution in [0, 0.1) is 0 Å². The van der Waals surface area contributed by atoms with Crippen molar-refractivity contribution in [2.24, 2.45) is 0 Å². The summed E-state index contributed by atoms with van der Waals surface area (Å²) in [6.07, 6.45) is 13.4. The van der Waals surface area contributed by atoms with Crippen molar-refractivity contribution < 1.29 is 4.57 Å². The van der Waals surface area contributed by atoms with Crippen LogP contribution in [-0.2, 0) is 4.57 Å². The predicted octanol–water partition coefficient (Wildman–Crippen LogP) is 13.9. The molecular formula is C55H41N2OP. The maximum absolute atomic E-state index is 14.8.